The van der Waals surface area contributed by atoms with Crippen LogP contribution in [0.2, 0.25) is 0 Å². The Morgan fingerprint density at radius 2 is 1.71 bits per heavy atom. The van der Waals surface area contributed by atoms with Crippen LogP contribution in [0.4, 0.5) is 4.79 Å². The maximum absolute atomic E-state index is 11.9. The molecular formula is C14H24N2O. The summed E-state index contributed by atoms with van der Waals surface area (Å²) in [5.41, 5.74) is 0. The van der Waals surface area contributed by atoms with Crippen molar-refractivity contribution < 1.29 is 4.79 Å². The molecule has 0 aromatic heterocycles. The molecule has 2 N–H and O–H groups in total. The maximum atomic E-state index is 11.9. The van der Waals surface area contributed by atoms with Crippen LogP contribution in [0.5, 0.6) is 0 Å². The molecule has 0 unspecified atom stereocenters. The molecule has 3 aliphatic carbocycles. The highest BCUT2D eigenvalue weighted by Gasteiger charge is 2.40. The molecule has 0 radical (unpaired) electrons. The summed E-state index contributed by atoms with van der Waals surface area (Å²) < 4.78 is 0. The van der Waals surface area contributed by atoms with E-state index in [0.29, 0.717) is 12.1 Å². The lowest BCUT2D eigenvalue weighted by Crippen LogP contribution is -2.48. The Labute approximate surface area is 104 Å². The average Bonchev–Trinajstić information content (AvgIpc) is 2.92. The van der Waals surface area contributed by atoms with Crippen LogP contribution in [0.15, 0.2) is 0 Å². The van der Waals surface area contributed by atoms with Crippen molar-refractivity contribution in [3.05, 3.63) is 0 Å². The number of urea groups is 1. The van der Waals surface area contributed by atoms with E-state index >= 15 is 0 Å². The smallest absolute Gasteiger partial charge is 0.315 e. The lowest BCUT2D eigenvalue weighted by Gasteiger charge is -2.26. The third-order valence-corrected chi connectivity index (χ3v) is 4.99. The van der Waals surface area contributed by atoms with Crippen LogP contribution in [-0.4, -0.2) is 18.1 Å². The molecule has 3 nitrogen and oxygen atoms in total. The van der Waals surface area contributed by atoms with Gasteiger partial charge in [0.25, 0.3) is 0 Å². The second-order valence-electron chi connectivity index (χ2n) is 6.23. The van der Waals surface area contributed by atoms with E-state index in [2.05, 4.69) is 10.6 Å². The van der Waals surface area contributed by atoms with Gasteiger partial charge >= 0.3 is 6.03 Å². The lowest BCUT2D eigenvalue weighted by molar-refractivity contribution is 0.223. The number of hydrogen-bond donors (Lipinski definition) is 2. The molecule has 3 heteroatoms. The van der Waals surface area contributed by atoms with Gasteiger partial charge in [0.1, 0.15) is 0 Å². The topological polar surface area (TPSA) is 41.1 Å². The van der Waals surface area contributed by atoms with Gasteiger partial charge in [0.2, 0.25) is 0 Å². The van der Waals surface area contributed by atoms with Gasteiger partial charge in [0, 0.05) is 12.1 Å². The molecule has 0 aromatic rings. The van der Waals surface area contributed by atoms with Crippen molar-refractivity contribution in [1.29, 1.82) is 0 Å². The summed E-state index contributed by atoms with van der Waals surface area (Å²) in [4.78, 5) is 11.9. The van der Waals surface area contributed by atoms with Crippen LogP contribution < -0.4 is 10.6 Å². The van der Waals surface area contributed by atoms with Gasteiger partial charge in [-0.15, -0.1) is 0 Å². The fraction of sp³-hybridized carbons (Fsp3) is 0.929. The van der Waals surface area contributed by atoms with Crippen LogP contribution in [0.3, 0.4) is 0 Å². The van der Waals surface area contributed by atoms with Crippen molar-refractivity contribution in [1.82, 2.24) is 10.6 Å². The first-order valence-corrected chi connectivity index (χ1v) is 7.38. The molecular weight excluding hydrogens is 212 g/mol. The summed E-state index contributed by atoms with van der Waals surface area (Å²) >= 11 is 0. The third kappa shape index (κ3) is 2.58. The second kappa shape index (κ2) is 4.87. The van der Waals surface area contributed by atoms with Crippen LogP contribution in [-0.2, 0) is 0 Å². The van der Waals surface area contributed by atoms with E-state index in [1.165, 1.54) is 57.8 Å². The van der Waals surface area contributed by atoms with Gasteiger partial charge in [0.15, 0.2) is 0 Å². The van der Waals surface area contributed by atoms with Crippen molar-refractivity contribution in [2.24, 2.45) is 11.8 Å². The minimum absolute atomic E-state index is 0.0921. The first kappa shape index (κ1) is 11.4. The largest absolute Gasteiger partial charge is 0.335 e. The summed E-state index contributed by atoms with van der Waals surface area (Å²) in [6.45, 7) is 0. The van der Waals surface area contributed by atoms with E-state index in [-0.39, 0.29) is 6.03 Å². The molecule has 96 valence electrons. The molecule has 3 atom stereocenters. The fourth-order valence-corrected chi connectivity index (χ4v) is 4.06. The highest BCUT2D eigenvalue weighted by atomic mass is 16.2. The Bertz CT molecular complexity index is 286. The zero-order valence-corrected chi connectivity index (χ0v) is 10.6. The van der Waals surface area contributed by atoms with Gasteiger partial charge < -0.3 is 10.6 Å². The molecule has 0 aliphatic heterocycles. The van der Waals surface area contributed by atoms with Crippen molar-refractivity contribution in [2.45, 2.75) is 69.9 Å². The molecule has 0 spiro atoms. The number of carbonyl (C=O) groups excluding carboxylic acids is 1. The van der Waals surface area contributed by atoms with E-state index in [1.807, 2.05) is 0 Å². The van der Waals surface area contributed by atoms with E-state index in [1.54, 1.807) is 0 Å². The molecule has 2 bridgehead atoms. The Hall–Kier alpha value is -0.730. The highest BCUT2D eigenvalue weighted by Crippen LogP contribution is 2.44. The van der Waals surface area contributed by atoms with Gasteiger partial charge in [-0.2, -0.15) is 0 Å². The van der Waals surface area contributed by atoms with Crippen LogP contribution >= 0.6 is 0 Å². The van der Waals surface area contributed by atoms with Crippen LogP contribution in [0.25, 0.3) is 0 Å². The van der Waals surface area contributed by atoms with E-state index in [4.69, 9.17) is 0 Å². The Morgan fingerprint density at radius 1 is 0.882 bits per heavy atom. The predicted octanol–water partition coefficient (Wildman–Crippen LogP) is 2.81. The van der Waals surface area contributed by atoms with Crippen molar-refractivity contribution in [2.75, 3.05) is 0 Å². The quantitative estimate of drug-likeness (QED) is 0.760. The molecule has 2 amide bonds. The zero-order valence-electron chi connectivity index (χ0n) is 10.6. The standard InChI is InChI=1S/C14H24N2O/c17-14(15-12-4-2-1-3-5-12)16-13-9-10-6-7-11(13)8-10/h10-13H,1-9H2,(H2,15,16,17)/t10-,11+,13+/m0/s1. The normalized spacial score (nSPS) is 37.1. The summed E-state index contributed by atoms with van der Waals surface area (Å²) in [7, 11) is 0. The monoisotopic (exact) mass is 236 g/mol. The number of rotatable bonds is 2. The average molecular weight is 236 g/mol. The molecule has 0 aromatic carbocycles. The van der Waals surface area contributed by atoms with E-state index in [0.717, 1.165) is 11.8 Å². The summed E-state index contributed by atoms with van der Waals surface area (Å²) in [6.07, 6.45) is 11.5. The lowest BCUT2D eigenvalue weighted by atomic mass is 9.95. The van der Waals surface area contributed by atoms with Gasteiger partial charge in [-0.3, -0.25) is 0 Å². The predicted molar refractivity (Wildman–Crippen MR) is 67.8 cm³/mol. The summed E-state index contributed by atoms with van der Waals surface area (Å²) in [6, 6.07) is 0.995. The molecule has 3 saturated carbocycles. The minimum Gasteiger partial charge on any atom is -0.335 e. The zero-order chi connectivity index (χ0) is 11.7. The first-order chi connectivity index (χ1) is 8.31. The molecule has 17 heavy (non-hydrogen) atoms. The third-order valence-electron chi connectivity index (χ3n) is 4.99. The van der Waals surface area contributed by atoms with Crippen molar-refractivity contribution in [3.63, 3.8) is 0 Å². The minimum atomic E-state index is 0.0921. The second-order valence-corrected chi connectivity index (χ2v) is 6.23. The van der Waals surface area contributed by atoms with Gasteiger partial charge in [-0.25, -0.2) is 4.79 Å². The first-order valence-electron chi connectivity index (χ1n) is 7.38. The Balaban J connectivity index is 1.44. The Morgan fingerprint density at radius 3 is 2.35 bits per heavy atom. The number of amides is 2. The molecule has 3 rings (SSSR count). The molecule has 0 heterocycles. The number of nitrogens with one attached hydrogen (secondary N) is 2. The maximum Gasteiger partial charge on any atom is 0.315 e. The number of fused-ring (bicyclic) bond motifs is 2. The molecule has 3 aliphatic rings. The number of carbonyl (C=O) groups is 1. The van der Waals surface area contributed by atoms with Crippen molar-refractivity contribution in [3.8, 4) is 0 Å². The highest BCUT2D eigenvalue weighted by molar-refractivity contribution is 5.74. The van der Waals surface area contributed by atoms with Gasteiger partial charge in [0.05, 0.1) is 0 Å². The van der Waals surface area contributed by atoms with Crippen molar-refractivity contribution >= 4 is 6.03 Å². The van der Waals surface area contributed by atoms with Crippen LogP contribution in [0, 0.1) is 11.8 Å². The van der Waals surface area contributed by atoms with Gasteiger partial charge in [-0.1, -0.05) is 25.7 Å². The van der Waals surface area contributed by atoms with E-state index in [9.17, 15) is 4.79 Å². The molecule has 0 saturated heterocycles. The molecule has 3 fully saturated rings. The Kier molecular flexibility index (Phi) is 3.26. The SMILES string of the molecule is O=C(NC1CCCCC1)N[C@@H]1C[C@H]2CC[C@@H]1C2. The van der Waals surface area contributed by atoms with E-state index < -0.39 is 0 Å². The van der Waals surface area contributed by atoms with Gasteiger partial charge in [-0.05, 0) is 43.9 Å². The summed E-state index contributed by atoms with van der Waals surface area (Å²) in [5.74, 6) is 1.68. The fourth-order valence-electron chi connectivity index (χ4n) is 4.06. The summed E-state index contributed by atoms with van der Waals surface area (Å²) in [5, 5.41) is 6.36. The number of hydrogen-bond acceptors (Lipinski definition) is 1. The van der Waals surface area contributed by atoms with Crippen LogP contribution in [0.1, 0.15) is 57.8 Å².